The Kier molecular flexibility index (Phi) is 7.85. The highest BCUT2D eigenvalue weighted by Gasteiger charge is 2.22. The third-order valence-electron chi connectivity index (χ3n) is 5.90. The van der Waals surface area contributed by atoms with E-state index in [-0.39, 0.29) is 5.91 Å². The van der Waals surface area contributed by atoms with E-state index < -0.39 is 0 Å². The number of pyridine rings is 1. The summed E-state index contributed by atoms with van der Waals surface area (Å²) in [7, 11) is 1.66. The molecule has 0 spiro atoms. The van der Waals surface area contributed by atoms with Gasteiger partial charge in [-0.05, 0) is 43.5 Å². The van der Waals surface area contributed by atoms with E-state index in [1.54, 1.807) is 18.9 Å². The molecule has 1 fully saturated rings. The first-order chi connectivity index (χ1) is 16.1. The maximum Gasteiger partial charge on any atom is 0.254 e. The van der Waals surface area contributed by atoms with Crippen LogP contribution in [0.1, 0.15) is 21.5 Å². The molecule has 3 aromatic rings. The molecule has 7 heteroatoms. The van der Waals surface area contributed by atoms with E-state index in [1.165, 1.54) is 4.90 Å². The summed E-state index contributed by atoms with van der Waals surface area (Å²) < 4.78 is 10.9. The van der Waals surface area contributed by atoms with E-state index in [4.69, 9.17) is 14.5 Å². The third-order valence-corrected chi connectivity index (χ3v) is 6.63. The molecule has 0 N–H and O–H groups in total. The second kappa shape index (κ2) is 11.0. The fourth-order valence-electron chi connectivity index (χ4n) is 4.01. The number of rotatable bonds is 8. The van der Waals surface area contributed by atoms with Crippen molar-refractivity contribution < 1.29 is 14.3 Å². The van der Waals surface area contributed by atoms with Crippen molar-refractivity contribution in [2.45, 2.75) is 18.4 Å². The molecule has 0 atom stereocenters. The van der Waals surface area contributed by atoms with E-state index in [0.29, 0.717) is 38.5 Å². The second-order valence-electron chi connectivity index (χ2n) is 8.21. The number of morpholine rings is 1. The summed E-state index contributed by atoms with van der Waals surface area (Å²) >= 11 is 1.71. The van der Waals surface area contributed by atoms with Crippen LogP contribution in [0.2, 0.25) is 0 Å². The summed E-state index contributed by atoms with van der Waals surface area (Å²) in [5.41, 5.74) is 3.83. The Morgan fingerprint density at radius 3 is 2.61 bits per heavy atom. The van der Waals surface area contributed by atoms with Crippen LogP contribution < -0.4 is 4.90 Å². The third kappa shape index (κ3) is 5.66. The Bertz CT molecular complexity index is 1100. The number of aryl methyl sites for hydroxylation is 1. The maximum absolute atomic E-state index is 13.4. The maximum atomic E-state index is 13.4. The number of hydrogen-bond acceptors (Lipinski definition) is 6. The highest BCUT2D eigenvalue weighted by Crippen LogP contribution is 2.28. The van der Waals surface area contributed by atoms with Gasteiger partial charge in [0.1, 0.15) is 5.82 Å². The van der Waals surface area contributed by atoms with E-state index >= 15 is 0 Å². The number of aromatic nitrogens is 1. The van der Waals surface area contributed by atoms with Gasteiger partial charge in [-0.2, -0.15) is 0 Å². The number of ether oxygens (including phenoxy) is 2. The molecule has 174 valence electrons. The van der Waals surface area contributed by atoms with Crippen LogP contribution in [0.3, 0.4) is 0 Å². The summed E-state index contributed by atoms with van der Waals surface area (Å²) in [4.78, 5) is 23.8. The number of anilines is 1. The van der Waals surface area contributed by atoms with E-state index in [2.05, 4.69) is 35.4 Å². The number of thioether (sulfide) groups is 1. The van der Waals surface area contributed by atoms with E-state index in [0.717, 1.165) is 40.9 Å². The zero-order valence-electron chi connectivity index (χ0n) is 19.5. The van der Waals surface area contributed by atoms with Gasteiger partial charge in [0.05, 0.1) is 25.3 Å². The van der Waals surface area contributed by atoms with Crippen molar-refractivity contribution in [1.29, 1.82) is 0 Å². The van der Waals surface area contributed by atoms with Gasteiger partial charge in [0.15, 0.2) is 0 Å². The van der Waals surface area contributed by atoms with Crippen molar-refractivity contribution in [1.82, 2.24) is 9.88 Å². The molecular weight excluding hydrogens is 434 g/mol. The molecular formula is C26H31N3O3S. The molecule has 1 amide bonds. The minimum absolute atomic E-state index is 0.00203. The molecule has 4 rings (SSSR count). The lowest BCUT2D eigenvalue weighted by molar-refractivity contribution is 0.0680. The molecule has 0 saturated carbocycles. The van der Waals surface area contributed by atoms with Crippen LogP contribution in [0, 0.1) is 6.92 Å². The van der Waals surface area contributed by atoms with Crippen molar-refractivity contribution in [3.63, 3.8) is 0 Å². The molecule has 1 aromatic heterocycles. The molecule has 2 aromatic carbocycles. The predicted octanol–water partition coefficient (Wildman–Crippen LogP) is 4.39. The average Bonchev–Trinajstić information content (AvgIpc) is 2.86. The molecule has 0 radical (unpaired) electrons. The smallest absolute Gasteiger partial charge is 0.254 e. The first kappa shape index (κ1) is 23.5. The van der Waals surface area contributed by atoms with Crippen molar-refractivity contribution in [2.75, 3.05) is 57.7 Å². The zero-order valence-corrected chi connectivity index (χ0v) is 20.4. The zero-order chi connectivity index (χ0) is 23.2. The monoisotopic (exact) mass is 465 g/mol. The number of nitrogens with zero attached hydrogens (tertiary/aromatic N) is 3. The van der Waals surface area contributed by atoms with Crippen LogP contribution in [0.5, 0.6) is 0 Å². The SMILES string of the molecule is COCCN(Cc1cc2ccc(SC)cc2nc1N1CCOCC1)C(=O)c1ccc(C)cc1. The number of carbonyl (C=O) groups is 1. The fraction of sp³-hybridized carbons (Fsp3) is 0.385. The Morgan fingerprint density at radius 1 is 1.15 bits per heavy atom. The number of benzene rings is 2. The molecule has 0 unspecified atom stereocenters. The normalized spacial score (nSPS) is 14.0. The highest BCUT2D eigenvalue weighted by molar-refractivity contribution is 7.98. The van der Waals surface area contributed by atoms with Crippen LogP contribution in [0.4, 0.5) is 5.82 Å². The Labute approximate surface area is 199 Å². The van der Waals surface area contributed by atoms with Gasteiger partial charge < -0.3 is 19.3 Å². The van der Waals surface area contributed by atoms with Crippen molar-refractivity contribution >= 4 is 34.4 Å². The topological polar surface area (TPSA) is 54.9 Å². The number of methoxy groups -OCH3 is 1. The first-order valence-corrected chi connectivity index (χ1v) is 12.5. The summed E-state index contributed by atoms with van der Waals surface area (Å²) in [6.45, 7) is 6.41. The summed E-state index contributed by atoms with van der Waals surface area (Å²) in [6.07, 6.45) is 2.07. The van der Waals surface area contributed by atoms with Gasteiger partial charge in [0.2, 0.25) is 0 Å². The molecule has 0 bridgehead atoms. The lowest BCUT2D eigenvalue weighted by Gasteiger charge is -2.31. The van der Waals surface area contributed by atoms with Gasteiger partial charge in [-0.3, -0.25) is 4.79 Å². The molecule has 6 nitrogen and oxygen atoms in total. The molecule has 33 heavy (non-hydrogen) atoms. The Morgan fingerprint density at radius 2 is 1.91 bits per heavy atom. The summed E-state index contributed by atoms with van der Waals surface area (Å²) in [5, 5.41) is 1.08. The quantitative estimate of drug-likeness (QED) is 0.460. The number of amides is 1. The Hall–Kier alpha value is -2.61. The van der Waals surface area contributed by atoms with Crippen LogP contribution >= 0.6 is 11.8 Å². The lowest BCUT2D eigenvalue weighted by Crippen LogP contribution is -2.39. The molecule has 0 aliphatic carbocycles. The van der Waals surface area contributed by atoms with Gasteiger partial charge in [0, 0.05) is 54.7 Å². The van der Waals surface area contributed by atoms with Crippen LogP contribution in [0.15, 0.2) is 53.4 Å². The fourth-order valence-corrected chi connectivity index (χ4v) is 4.44. The highest BCUT2D eigenvalue weighted by atomic mass is 32.2. The average molecular weight is 466 g/mol. The predicted molar refractivity (Wildman–Crippen MR) is 134 cm³/mol. The van der Waals surface area contributed by atoms with Gasteiger partial charge in [-0.1, -0.05) is 23.8 Å². The largest absolute Gasteiger partial charge is 0.383 e. The van der Waals surface area contributed by atoms with Gasteiger partial charge in [0.25, 0.3) is 5.91 Å². The van der Waals surface area contributed by atoms with Gasteiger partial charge in [-0.15, -0.1) is 11.8 Å². The van der Waals surface area contributed by atoms with Crippen molar-refractivity contribution in [2.24, 2.45) is 0 Å². The minimum atomic E-state index is -0.00203. The summed E-state index contributed by atoms with van der Waals surface area (Å²) in [5.74, 6) is 0.931. The number of fused-ring (bicyclic) bond motifs is 1. The standard InChI is InChI=1S/C26H31N3O3S/c1-19-4-6-20(7-5-19)26(30)29(10-13-31-2)18-22-16-21-8-9-23(33-3)17-24(21)27-25(22)28-11-14-32-15-12-28/h4-9,16-17H,10-15,18H2,1-3H3. The van der Waals surface area contributed by atoms with Crippen LogP contribution in [0.25, 0.3) is 10.9 Å². The lowest BCUT2D eigenvalue weighted by atomic mass is 10.1. The first-order valence-electron chi connectivity index (χ1n) is 11.2. The second-order valence-corrected chi connectivity index (χ2v) is 9.09. The molecule has 1 aliphatic rings. The minimum Gasteiger partial charge on any atom is -0.383 e. The number of carbonyl (C=O) groups excluding carboxylic acids is 1. The van der Waals surface area contributed by atoms with Gasteiger partial charge in [-0.25, -0.2) is 4.98 Å². The van der Waals surface area contributed by atoms with Crippen molar-refractivity contribution in [3.8, 4) is 0 Å². The summed E-state index contributed by atoms with van der Waals surface area (Å²) in [6, 6.07) is 16.3. The Balaban J connectivity index is 1.72. The van der Waals surface area contributed by atoms with E-state index in [9.17, 15) is 4.79 Å². The van der Waals surface area contributed by atoms with Crippen LogP contribution in [-0.4, -0.2) is 68.6 Å². The van der Waals surface area contributed by atoms with Crippen molar-refractivity contribution in [3.05, 3.63) is 65.2 Å². The van der Waals surface area contributed by atoms with E-state index in [1.807, 2.05) is 36.1 Å². The number of hydrogen-bond donors (Lipinski definition) is 0. The molecule has 1 saturated heterocycles. The molecule has 2 heterocycles. The van der Waals surface area contributed by atoms with Gasteiger partial charge >= 0.3 is 0 Å². The molecule has 1 aliphatic heterocycles. The van der Waals surface area contributed by atoms with Crippen LogP contribution in [-0.2, 0) is 16.0 Å².